The molecule has 27 heavy (non-hydrogen) atoms. The Balaban J connectivity index is 2.80. The molecule has 2 atom stereocenters. The number of rotatable bonds is 11. The van der Waals surface area contributed by atoms with E-state index in [0.717, 1.165) is 0 Å². The van der Waals surface area contributed by atoms with Crippen molar-refractivity contribution >= 4 is 23.9 Å². The van der Waals surface area contributed by atoms with Crippen LogP contribution >= 0.6 is 0 Å². The van der Waals surface area contributed by atoms with E-state index in [1.807, 2.05) is 0 Å². The molecule has 1 aromatic carbocycles. The number of hydrogen-bond acceptors (Lipinski definition) is 6. The van der Waals surface area contributed by atoms with Gasteiger partial charge in [0.25, 0.3) is 0 Å². The summed E-state index contributed by atoms with van der Waals surface area (Å²) in [5, 5.41) is 9.47. The van der Waals surface area contributed by atoms with E-state index < -0.39 is 29.8 Å². The van der Waals surface area contributed by atoms with Gasteiger partial charge in [0.1, 0.15) is 18.0 Å². The Hall–Kier alpha value is -2.61. The van der Waals surface area contributed by atoms with Gasteiger partial charge in [-0.05, 0) is 38.0 Å². The van der Waals surface area contributed by atoms with Gasteiger partial charge >= 0.3 is 5.97 Å². The van der Waals surface area contributed by atoms with Crippen molar-refractivity contribution in [2.45, 2.75) is 51.4 Å². The Labute approximate surface area is 157 Å². The van der Waals surface area contributed by atoms with Crippen LogP contribution in [0.3, 0.4) is 0 Å². The number of nitrogens with one attached hydrogen (secondary N) is 2. The van der Waals surface area contributed by atoms with E-state index in [4.69, 9.17) is 14.9 Å². The molecule has 0 unspecified atom stereocenters. The largest absolute Gasteiger partial charge is 0.461 e. The number of carbonyl (C=O) groups excluding carboxylic acids is 3. The summed E-state index contributed by atoms with van der Waals surface area (Å²) in [6.07, 6.45) is -0.487. The first-order valence-electron chi connectivity index (χ1n) is 8.58. The van der Waals surface area contributed by atoms with E-state index in [1.54, 1.807) is 26.0 Å². The SMILES string of the molecule is CO[C@@H](Cc1ccc(F)cc1)C(=O)N[C@@H](CCC(=O)C=N)C(=O)OC(C)C. The van der Waals surface area contributed by atoms with Gasteiger partial charge in [-0.2, -0.15) is 0 Å². The van der Waals surface area contributed by atoms with Crippen molar-refractivity contribution in [3.05, 3.63) is 35.6 Å². The molecule has 1 amide bonds. The second kappa shape index (κ2) is 11.2. The van der Waals surface area contributed by atoms with Gasteiger partial charge in [0.05, 0.1) is 12.3 Å². The van der Waals surface area contributed by atoms with Gasteiger partial charge < -0.3 is 20.2 Å². The van der Waals surface area contributed by atoms with Gasteiger partial charge in [-0.3, -0.25) is 9.59 Å². The fourth-order valence-electron chi connectivity index (χ4n) is 2.30. The number of ketones is 1. The summed E-state index contributed by atoms with van der Waals surface area (Å²) < 4.78 is 23.3. The lowest BCUT2D eigenvalue weighted by Gasteiger charge is -2.22. The molecular formula is C19H25FN2O5. The van der Waals surface area contributed by atoms with Crippen LogP contribution in [-0.4, -0.2) is 49.2 Å². The minimum absolute atomic E-state index is 0.0124. The van der Waals surface area contributed by atoms with Crippen LogP contribution in [0.15, 0.2) is 24.3 Å². The normalized spacial score (nSPS) is 12.9. The van der Waals surface area contributed by atoms with Gasteiger partial charge in [0, 0.05) is 20.0 Å². The van der Waals surface area contributed by atoms with Gasteiger partial charge in [0.2, 0.25) is 5.91 Å². The number of methoxy groups -OCH3 is 1. The predicted molar refractivity (Wildman–Crippen MR) is 97.1 cm³/mol. The molecule has 0 saturated heterocycles. The van der Waals surface area contributed by atoms with Crippen molar-refractivity contribution in [2.24, 2.45) is 0 Å². The standard InChI is InChI=1S/C19H25FN2O5/c1-12(2)27-19(25)16(9-8-15(23)11-21)22-18(24)17(26-3)10-13-4-6-14(20)7-5-13/h4-7,11-12,16-17,21H,8-10H2,1-3H3,(H,22,24)/t16-,17-/m0/s1. The number of hydrogen-bond donors (Lipinski definition) is 2. The summed E-state index contributed by atoms with van der Waals surface area (Å²) >= 11 is 0. The first kappa shape index (κ1) is 22.4. The van der Waals surface area contributed by atoms with Crippen molar-refractivity contribution in [2.75, 3.05) is 7.11 Å². The molecule has 0 aliphatic rings. The molecule has 1 aromatic rings. The van der Waals surface area contributed by atoms with Crippen molar-refractivity contribution in [1.82, 2.24) is 5.32 Å². The quantitative estimate of drug-likeness (QED) is 0.450. The number of benzene rings is 1. The summed E-state index contributed by atoms with van der Waals surface area (Å²) in [4.78, 5) is 36.1. The Kier molecular flexibility index (Phi) is 9.29. The highest BCUT2D eigenvalue weighted by Crippen LogP contribution is 2.10. The van der Waals surface area contributed by atoms with Crippen LogP contribution in [0.1, 0.15) is 32.3 Å². The highest BCUT2D eigenvalue weighted by Gasteiger charge is 2.27. The Morgan fingerprint density at radius 2 is 1.85 bits per heavy atom. The molecule has 0 aliphatic carbocycles. The number of carbonyl (C=O) groups is 3. The fourth-order valence-corrected chi connectivity index (χ4v) is 2.30. The van der Waals surface area contributed by atoms with Crippen molar-refractivity contribution in [3.63, 3.8) is 0 Å². The van der Waals surface area contributed by atoms with Crippen LogP contribution in [0.2, 0.25) is 0 Å². The fraction of sp³-hybridized carbons (Fsp3) is 0.474. The molecule has 148 valence electrons. The highest BCUT2D eigenvalue weighted by molar-refractivity contribution is 6.26. The van der Waals surface area contributed by atoms with E-state index in [9.17, 15) is 18.8 Å². The smallest absolute Gasteiger partial charge is 0.328 e. The molecule has 8 heteroatoms. The van der Waals surface area contributed by atoms with E-state index in [0.29, 0.717) is 11.8 Å². The average Bonchev–Trinajstić information content (AvgIpc) is 2.63. The van der Waals surface area contributed by atoms with Crippen molar-refractivity contribution < 1.29 is 28.2 Å². The molecule has 2 N–H and O–H groups in total. The van der Waals surface area contributed by atoms with Gasteiger partial charge in [-0.25, -0.2) is 9.18 Å². The molecular weight excluding hydrogens is 355 g/mol. The summed E-state index contributed by atoms with van der Waals surface area (Å²) in [7, 11) is 1.35. The molecule has 0 aromatic heterocycles. The maximum absolute atomic E-state index is 13.0. The third-order valence-corrected chi connectivity index (χ3v) is 3.70. The zero-order valence-electron chi connectivity index (χ0n) is 15.7. The third kappa shape index (κ3) is 8.08. The van der Waals surface area contributed by atoms with Gasteiger partial charge in [-0.1, -0.05) is 12.1 Å². The average molecular weight is 380 g/mol. The van der Waals surface area contributed by atoms with Crippen LogP contribution in [-0.2, 0) is 30.3 Å². The van der Waals surface area contributed by atoms with Crippen LogP contribution < -0.4 is 5.32 Å². The summed E-state index contributed by atoms with van der Waals surface area (Å²) in [5.41, 5.74) is 0.693. The lowest BCUT2D eigenvalue weighted by atomic mass is 10.1. The van der Waals surface area contributed by atoms with Crippen LogP contribution in [0.25, 0.3) is 0 Å². The van der Waals surface area contributed by atoms with Crippen LogP contribution in [0.5, 0.6) is 0 Å². The molecule has 0 radical (unpaired) electrons. The van der Waals surface area contributed by atoms with Crippen LogP contribution in [0, 0.1) is 11.2 Å². The summed E-state index contributed by atoms with van der Waals surface area (Å²) in [5.74, 6) is -2.05. The summed E-state index contributed by atoms with van der Waals surface area (Å²) in [6, 6.07) is 4.62. The van der Waals surface area contributed by atoms with E-state index in [2.05, 4.69) is 5.32 Å². The molecule has 1 rings (SSSR count). The molecule has 0 heterocycles. The second-order valence-electron chi connectivity index (χ2n) is 6.25. The maximum Gasteiger partial charge on any atom is 0.328 e. The molecule has 0 bridgehead atoms. The highest BCUT2D eigenvalue weighted by atomic mass is 19.1. The number of amides is 1. The van der Waals surface area contributed by atoms with E-state index in [-0.39, 0.29) is 31.2 Å². The molecule has 7 nitrogen and oxygen atoms in total. The maximum atomic E-state index is 13.0. The number of halogens is 1. The Morgan fingerprint density at radius 3 is 2.37 bits per heavy atom. The predicted octanol–water partition coefficient (Wildman–Crippen LogP) is 1.82. The lowest BCUT2D eigenvalue weighted by Crippen LogP contribution is -2.48. The summed E-state index contributed by atoms with van der Waals surface area (Å²) in [6.45, 7) is 3.35. The van der Waals surface area contributed by atoms with Gasteiger partial charge in [-0.15, -0.1) is 0 Å². The zero-order chi connectivity index (χ0) is 20.4. The molecule has 0 spiro atoms. The first-order chi connectivity index (χ1) is 12.8. The topological polar surface area (TPSA) is 106 Å². The van der Waals surface area contributed by atoms with Crippen molar-refractivity contribution in [1.29, 1.82) is 5.41 Å². The number of Topliss-reactive ketones (excluding diaryl/α,β-unsaturated/α-hetero) is 1. The minimum Gasteiger partial charge on any atom is -0.461 e. The minimum atomic E-state index is -1.03. The zero-order valence-corrected chi connectivity index (χ0v) is 15.7. The van der Waals surface area contributed by atoms with Crippen molar-refractivity contribution in [3.8, 4) is 0 Å². The Bertz CT molecular complexity index is 661. The molecule has 0 fully saturated rings. The van der Waals surface area contributed by atoms with Gasteiger partial charge in [0.15, 0.2) is 5.78 Å². The monoisotopic (exact) mass is 380 g/mol. The first-order valence-corrected chi connectivity index (χ1v) is 8.58. The second-order valence-corrected chi connectivity index (χ2v) is 6.25. The lowest BCUT2D eigenvalue weighted by molar-refractivity contribution is -0.152. The van der Waals surface area contributed by atoms with Crippen LogP contribution in [0.4, 0.5) is 4.39 Å². The number of esters is 1. The number of ether oxygens (including phenoxy) is 2. The van der Waals surface area contributed by atoms with E-state index >= 15 is 0 Å². The molecule has 0 saturated carbocycles. The molecule has 0 aliphatic heterocycles. The van der Waals surface area contributed by atoms with E-state index in [1.165, 1.54) is 19.2 Å². The third-order valence-electron chi connectivity index (χ3n) is 3.70. The Morgan fingerprint density at radius 1 is 1.22 bits per heavy atom.